The maximum Gasteiger partial charge on any atom is 0.264 e. The van der Waals surface area contributed by atoms with E-state index in [0.29, 0.717) is 12.1 Å². The molecule has 0 aliphatic rings. The van der Waals surface area contributed by atoms with Crippen LogP contribution in [0.25, 0.3) is 11.2 Å². The van der Waals surface area contributed by atoms with Crippen LogP contribution in [0.4, 0.5) is 0 Å². The summed E-state index contributed by atoms with van der Waals surface area (Å²) in [6, 6.07) is 17.3. The highest BCUT2D eigenvalue weighted by Gasteiger charge is 2.20. The lowest BCUT2D eigenvalue weighted by molar-refractivity contribution is 0.0981. The summed E-state index contributed by atoms with van der Waals surface area (Å²) < 4.78 is 29.5. The van der Waals surface area contributed by atoms with Crippen LogP contribution >= 0.6 is 0 Å². The van der Waals surface area contributed by atoms with Crippen molar-refractivity contribution >= 4 is 27.1 Å². The van der Waals surface area contributed by atoms with Gasteiger partial charge in [0.2, 0.25) is 0 Å². The van der Waals surface area contributed by atoms with E-state index in [1.807, 2.05) is 24.3 Å². The molecular formula is C25H26N4O3S. The van der Waals surface area contributed by atoms with Crippen LogP contribution in [0.15, 0.2) is 71.8 Å². The van der Waals surface area contributed by atoms with Crippen molar-refractivity contribution in [1.29, 1.82) is 0 Å². The lowest BCUT2D eigenvalue weighted by atomic mass is 10.1. The number of unbranched alkanes of at least 4 members (excludes halogenated alkanes) is 1. The number of amides is 1. The monoisotopic (exact) mass is 462 g/mol. The van der Waals surface area contributed by atoms with Crippen molar-refractivity contribution in [3.8, 4) is 0 Å². The van der Waals surface area contributed by atoms with Gasteiger partial charge in [-0.1, -0.05) is 43.7 Å². The van der Waals surface area contributed by atoms with Crippen molar-refractivity contribution in [3.63, 3.8) is 0 Å². The van der Waals surface area contributed by atoms with Crippen LogP contribution in [0.1, 0.15) is 47.1 Å². The molecular weight excluding hydrogens is 436 g/mol. The molecule has 1 N–H and O–H groups in total. The topological polar surface area (TPSA) is 93.9 Å². The second-order valence-corrected chi connectivity index (χ2v) is 9.61. The zero-order valence-corrected chi connectivity index (χ0v) is 19.5. The van der Waals surface area contributed by atoms with Crippen molar-refractivity contribution < 1.29 is 13.2 Å². The molecule has 7 nitrogen and oxygen atoms in total. The van der Waals surface area contributed by atoms with E-state index in [1.54, 1.807) is 43.5 Å². The second kappa shape index (κ2) is 9.54. The van der Waals surface area contributed by atoms with Crippen LogP contribution < -0.4 is 4.72 Å². The van der Waals surface area contributed by atoms with E-state index < -0.39 is 15.9 Å². The summed E-state index contributed by atoms with van der Waals surface area (Å²) in [7, 11) is -3.95. The van der Waals surface area contributed by atoms with Gasteiger partial charge in [0.1, 0.15) is 11.3 Å². The van der Waals surface area contributed by atoms with Gasteiger partial charge in [0.15, 0.2) is 5.65 Å². The summed E-state index contributed by atoms with van der Waals surface area (Å²) in [6.07, 6.45) is 4.74. The minimum Gasteiger partial charge on any atom is -0.308 e. The highest BCUT2D eigenvalue weighted by molar-refractivity contribution is 7.90. The molecule has 0 atom stereocenters. The molecule has 8 heteroatoms. The van der Waals surface area contributed by atoms with Gasteiger partial charge in [0.05, 0.1) is 11.4 Å². The maximum atomic E-state index is 12.6. The first-order valence-corrected chi connectivity index (χ1v) is 12.4. The normalized spacial score (nSPS) is 11.6. The zero-order chi connectivity index (χ0) is 23.4. The summed E-state index contributed by atoms with van der Waals surface area (Å²) in [4.78, 5) is 21.9. The predicted octanol–water partition coefficient (Wildman–Crippen LogP) is 4.25. The van der Waals surface area contributed by atoms with Crippen LogP contribution in [0.2, 0.25) is 0 Å². The van der Waals surface area contributed by atoms with Gasteiger partial charge in [0.25, 0.3) is 15.9 Å². The van der Waals surface area contributed by atoms with Gasteiger partial charge in [-0.3, -0.25) is 4.79 Å². The molecule has 2 aromatic carbocycles. The molecule has 0 saturated heterocycles. The lowest BCUT2D eigenvalue weighted by Crippen LogP contribution is -2.31. The Labute approximate surface area is 193 Å². The number of sulfonamides is 1. The van der Waals surface area contributed by atoms with Gasteiger partial charge in [0, 0.05) is 18.2 Å². The number of benzene rings is 2. The molecule has 0 aliphatic heterocycles. The van der Waals surface area contributed by atoms with E-state index in [9.17, 15) is 13.2 Å². The van der Waals surface area contributed by atoms with Crippen molar-refractivity contribution in [3.05, 3.63) is 89.4 Å². The third kappa shape index (κ3) is 4.96. The average molecular weight is 463 g/mol. The number of aromatic nitrogens is 3. The van der Waals surface area contributed by atoms with Gasteiger partial charge >= 0.3 is 0 Å². The highest BCUT2D eigenvalue weighted by Crippen LogP contribution is 2.19. The fourth-order valence-corrected chi connectivity index (χ4v) is 4.96. The van der Waals surface area contributed by atoms with Gasteiger partial charge in [-0.2, -0.15) is 0 Å². The Morgan fingerprint density at radius 2 is 1.79 bits per heavy atom. The molecule has 4 aromatic rings. The minimum atomic E-state index is -3.95. The van der Waals surface area contributed by atoms with E-state index in [0.717, 1.165) is 41.8 Å². The molecule has 0 aliphatic carbocycles. The third-order valence-corrected chi connectivity index (χ3v) is 6.99. The van der Waals surface area contributed by atoms with Crippen LogP contribution in [0.3, 0.4) is 0 Å². The standard InChI is InChI=1S/C25H26N4O3S/c1-3-4-11-23-27-21-9-7-16-26-24(21)29(23)17-19-12-14-20(15-13-19)25(30)28-33(31,32)22-10-6-5-8-18(22)2/h5-10,12-16H,3-4,11,17H2,1-2H3,(H,28,30). The number of imidazole rings is 1. The fourth-order valence-electron chi connectivity index (χ4n) is 3.74. The van der Waals surface area contributed by atoms with E-state index in [4.69, 9.17) is 4.98 Å². The van der Waals surface area contributed by atoms with E-state index >= 15 is 0 Å². The zero-order valence-electron chi connectivity index (χ0n) is 18.7. The highest BCUT2D eigenvalue weighted by atomic mass is 32.2. The Morgan fingerprint density at radius 3 is 2.52 bits per heavy atom. The van der Waals surface area contributed by atoms with Gasteiger partial charge in [-0.15, -0.1) is 0 Å². The van der Waals surface area contributed by atoms with Crippen LogP contribution in [0.5, 0.6) is 0 Å². The smallest absolute Gasteiger partial charge is 0.264 e. The number of nitrogens with zero attached hydrogens (tertiary/aromatic N) is 3. The predicted molar refractivity (Wildman–Crippen MR) is 128 cm³/mol. The van der Waals surface area contributed by atoms with Crippen molar-refractivity contribution in [2.24, 2.45) is 0 Å². The summed E-state index contributed by atoms with van der Waals surface area (Å²) >= 11 is 0. The molecule has 0 radical (unpaired) electrons. The Morgan fingerprint density at radius 1 is 1.03 bits per heavy atom. The molecule has 2 heterocycles. The van der Waals surface area contributed by atoms with Gasteiger partial charge in [-0.25, -0.2) is 23.1 Å². The van der Waals surface area contributed by atoms with E-state index in [1.165, 1.54) is 6.07 Å². The van der Waals surface area contributed by atoms with Gasteiger partial charge in [-0.05, 0) is 54.8 Å². The molecule has 33 heavy (non-hydrogen) atoms. The van der Waals surface area contributed by atoms with Crippen LogP contribution in [-0.2, 0) is 23.0 Å². The number of aryl methyl sites for hydroxylation is 2. The quantitative estimate of drug-likeness (QED) is 0.422. The number of carbonyl (C=O) groups excluding carboxylic acids is 1. The fraction of sp³-hybridized carbons (Fsp3) is 0.240. The number of hydrogen-bond donors (Lipinski definition) is 1. The number of pyridine rings is 1. The minimum absolute atomic E-state index is 0.0917. The van der Waals surface area contributed by atoms with E-state index in [2.05, 4.69) is 21.2 Å². The number of rotatable bonds is 8. The molecule has 1 amide bonds. The number of fused-ring (bicyclic) bond motifs is 1. The maximum absolute atomic E-state index is 12.6. The second-order valence-electron chi connectivity index (χ2n) is 7.96. The summed E-state index contributed by atoms with van der Waals surface area (Å²) in [5.41, 5.74) is 3.51. The Hall–Kier alpha value is -3.52. The molecule has 170 valence electrons. The summed E-state index contributed by atoms with van der Waals surface area (Å²) in [5.74, 6) is 0.319. The first-order chi connectivity index (χ1) is 15.9. The molecule has 0 fully saturated rings. The molecule has 0 bridgehead atoms. The Kier molecular flexibility index (Phi) is 6.55. The number of nitrogens with one attached hydrogen (secondary N) is 1. The average Bonchev–Trinajstić information content (AvgIpc) is 3.15. The third-order valence-electron chi connectivity index (χ3n) is 5.50. The Bertz CT molecular complexity index is 1390. The summed E-state index contributed by atoms with van der Waals surface area (Å²) in [5, 5.41) is 0. The number of carbonyl (C=O) groups is 1. The number of hydrogen-bond acceptors (Lipinski definition) is 5. The van der Waals surface area contributed by atoms with E-state index in [-0.39, 0.29) is 10.5 Å². The largest absolute Gasteiger partial charge is 0.308 e. The van der Waals surface area contributed by atoms with Crippen molar-refractivity contribution in [2.75, 3.05) is 0 Å². The van der Waals surface area contributed by atoms with Crippen LogP contribution in [-0.4, -0.2) is 28.9 Å². The molecule has 4 rings (SSSR count). The van der Waals surface area contributed by atoms with Crippen molar-refractivity contribution in [1.82, 2.24) is 19.3 Å². The van der Waals surface area contributed by atoms with Crippen molar-refractivity contribution in [2.45, 2.75) is 44.6 Å². The van der Waals surface area contributed by atoms with Crippen LogP contribution in [0, 0.1) is 6.92 Å². The lowest BCUT2D eigenvalue weighted by Gasteiger charge is -2.11. The Balaban J connectivity index is 1.53. The SMILES string of the molecule is CCCCc1nc2cccnc2n1Cc1ccc(C(=O)NS(=O)(=O)c2ccccc2C)cc1. The van der Waals surface area contributed by atoms with Gasteiger partial charge < -0.3 is 4.57 Å². The molecule has 0 unspecified atom stereocenters. The molecule has 0 saturated carbocycles. The summed E-state index contributed by atoms with van der Waals surface area (Å²) in [6.45, 7) is 4.40. The molecule has 2 aromatic heterocycles. The first kappa shape index (κ1) is 22.7. The molecule has 0 spiro atoms. The first-order valence-electron chi connectivity index (χ1n) is 10.9.